The first kappa shape index (κ1) is 23.1. The third kappa shape index (κ3) is 5.09. The van der Waals surface area contributed by atoms with E-state index >= 15 is 0 Å². The van der Waals surface area contributed by atoms with Crippen molar-refractivity contribution in [3.63, 3.8) is 0 Å². The third-order valence-electron chi connectivity index (χ3n) is 5.94. The van der Waals surface area contributed by atoms with Crippen molar-refractivity contribution in [1.29, 1.82) is 0 Å². The molecule has 1 aliphatic heterocycles. The van der Waals surface area contributed by atoms with Crippen molar-refractivity contribution < 1.29 is 0 Å². The number of nitrogen functional groups attached to an aromatic ring is 1. The summed E-state index contributed by atoms with van der Waals surface area (Å²) in [5.74, 6) is 0. The highest BCUT2D eigenvalue weighted by Crippen LogP contribution is 2.29. The lowest BCUT2D eigenvalue weighted by Gasteiger charge is -2.20. The Balaban J connectivity index is 1.52. The molecule has 1 aromatic heterocycles. The molecule has 0 aliphatic carbocycles. The fraction of sp³-hybridized carbons (Fsp3) is 0.172. The molecule has 34 heavy (non-hydrogen) atoms. The molecule has 0 atom stereocenters. The first-order valence-electron chi connectivity index (χ1n) is 11.4. The number of rotatable bonds is 7. The molecule has 2 aromatic carbocycles. The average molecular weight is 450 g/mol. The molecule has 172 valence electrons. The Bertz CT molecular complexity index is 1320. The van der Waals surface area contributed by atoms with Crippen LogP contribution in [0, 0.1) is 6.92 Å². The van der Waals surface area contributed by atoms with Crippen LogP contribution in [0.5, 0.6) is 0 Å². The molecule has 0 radical (unpaired) electrons. The van der Waals surface area contributed by atoms with Crippen molar-refractivity contribution in [2.45, 2.75) is 26.7 Å². The molecule has 3 N–H and O–H groups in total. The molecule has 0 saturated heterocycles. The van der Waals surface area contributed by atoms with Crippen molar-refractivity contribution in [2.24, 2.45) is 4.99 Å². The van der Waals surface area contributed by atoms with Crippen molar-refractivity contribution in [1.82, 2.24) is 14.9 Å². The van der Waals surface area contributed by atoms with Gasteiger partial charge in [-0.3, -0.25) is 9.56 Å². The number of fused-ring (bicyclic) bond motifs is 1. The molecular formula is C29H31N5. The number of nitrogens with zero attached hydrogens (tertiary/aromatic N) is 3. The molecule has 0 unspecified atom stereocenters. The summed E-state index contributed by atoms with van der Waals surface area (Å²) in [6.45, 7) is 8.40. The molecule has 4 rings (SSSR count). The number of aliphatic imine (C=N–C) groups is 1. The molecule has 0 bridgehead atoms. The molecule has 5 heteroatoms. The van der Waals surface area contributed by atoms with E-state index in [9.17, 15) is 0 Å². The largest absolute Gasteiger partial charge is 0.399 e. The fourth-order valence-corrected chi connectivity index (χ4v) is 3.97. The van der Waals surface area contributed by atoms with Gasteiger partial charge >= 0.3 is 0 Å². The molecule has 0 spiro atoms. The minimum atomic E-state index is 0.801. The van der Waals surface area contributed by atoms with Crippen LogP contribution < -0.4 is 11.1 Å². The predicted molar refractivity (Wildman–Crippen MR) is 144 cm³/mol. The van der Waals surface area contributed by atoms with Gasteiger partial charge in [-0.15, -0.1) is 0 Å². The van der Waals surface area contributed by atoms with Crippen LogP contribution in [0.3, 0.4) is 0 Å². The van der Waals surface area contributed by atoms with Gasteiger partial charge in [-0.25, -0.2) is 4.98 Å². The van der Waals surface area contributed by atoms with Crippen molar-refractivity contribution in [3.8, 4) is 5.69 Å². The standard InChI is InChI=1S/C29H31N5/c1-20(8-6-5-7-9-23-10-13-25(30)14-11-23)27-17-28-29(22(3)33-27)32-19-34(28)26-15-12-24(18-31-4)21(2)16-26/h5-6,8,10-19,33H,3,7,9,30H2,1-2,4H3/b6-5-,20-8+,31-18?. The van der Waals surface area contributed by atoms with E-state index in [1.54, 1.807) is 7.05 Å². The molecule has 0 amide bonds. The maximum atomic E-state index is 5.76. The highest BCUT2D eigenvalue weighted by atomic mass is 15.1. The van der Waals surface area contributed by atoms with Crippen molar-refractivity contribution >= 4 is 23.7 Å². The van der Waals surface area contributed by atoms with E-state index in [0.717, 1.165) is 58.1 Å². The van der Waals surface area contributed by atoms with E-state index in [-0.39, 0.29) is 0 Å². The minimum Gasteiger partial charge on any atom is -0.399 e. The van der Waals surface area contributed by atoms with Crippen LogP contribution in [0.1, 0.15) is 41.4 Å². The maximum Gasteiger partial charge on any atom is 0.112 e. The molecule has 1 aliphatic rings. The van der Waals surface area contributed by atoms with Gasteiger partial charge in [-0.2, -0.15) is 0 Å². The summed E-state index contributed by atoms with van der Waals surface area (Å²) < 4.78 is 2.11. The number of aryl methyl sites for hydroxylation is 2. The summed E-state index contributed by atoms with van der Waals surface area (Å²) >= 11 is 0. The lowest BCUT2D eigenvalue weighted by Crippen LogP contribution is -2.17. The number of allylic oxidation sites excluding steroid dienone is 4. The summed E-state index contributed by atoms with van der Waals surface area (Å²) in [4.78, 5) is 8.74. The van der Waals surface area contributed by atoms with Crippen molar-refractivity contribution in [3.05, 3.63) is 113 Å². The van der Waals surface area contributed by atoms with Crippen LogP contribution in [0.4, 0.5) is 5.69 Å². The Labute approximate surface area is 201 Å². The smallest absolute Gasteiger partial charge is 0.112 e. The summed E-state index contributed by atoms with van der Waals surface area (Å²) in [5.41, 5.74) is 16.0. The van der Waals surface area contributed by atoms with Gasteiger partial charge in [0.2, 0.25) is 0 Å². The van der Waals surface area contributed by atoms with E-state index in [2.05, 4.69) is 94.9 Å². The number of benzene rings is 2. The minimum absolute atomic E-state index is 0.801. The van der Waals surface area contributed by atoms with Crippen LogP contribution in [0.2, 0.25) is 0 Å². The summed E-state index contributed by atoms with van der Waals surface area (Å²) in [5, 5.41) is 3.41. The zero-order valence-corrected chi connectivity index (χ0v) is 20.0. The second-order valence-corrected chi connectivity index (χ2v) is 8.50. The quantitative estimate of drug-likeness (QED) is 0.270. The Morgan fingerprint density at radius 2 is 2.00 bits per heavy atom. The maximum absolute atomic E-state index is 5.76. The molecule has 2 heterocycles. The van der Waals surface area contributed by atoms with Crippen LogP contribution in [-0.4, -0.2) is 22.8 Å². The van der Waals surface area contributed by atoms with Gasteiger partial charge in [0.15, 0.2) is 0 Å². The molecule has 5 nitrogen and oxygen atoms in total. The Morgan fingerprint density at radius 1 is 1.21 bits per heavy atom. The van der Waals surface area contributed by atoms with Crippen LogP contribution in [-0.2, 0) is 6.42 Å². The summed E-state index contributed by atoms with van der Waals surface area (Å²) in [6, 6.07) is 14.4. The van der Waals surface area contributed by atoms with E-state index in [1.807, 2.05) is 24.7 Å². The van der Waals surface area contributed by atoms with Crippen molar-refractivity contribution in [2.75, 3.05) is 12.8 Å². The first-order chi connectivity index (χ1) is 16.5. The zero-order chi connectivity index (χ0) is 24.1. The first-order valence-corrected chi connectivity index (χ1v) is 11.4. The van der Waals surface area contributed by atoms with Gasteiger partial charge in [-0.1, -0.05) is 43.0 Å². The number of hydrogen-bond acceptors (Lipinski definition) is 4. The zero-order valence-electron chi connectivity index (χ0n) is 20.0. The molecular weight excluding hydrogens is 418 g/mol. The number of aromatic nitrogens is 2. The highest BCUT2D eigenvalue weighted by molar-refractivity contribution is 5.82. The van der Waals surface area contributed by atoms with Gasteiger partial charge in [0.25, 0.3) is 0 Å². The number of nitrogens with one attached hydrogen (secondary N) is 1. The second kappa shape index (κ2) is 10.2. The lowest BCUT2D eigenvalue weighted by atomic mass is 10.1. The summed E-state index contributed by atoms with van der Waals surface area (Å²) in [6.07, 6.45) is 14.3. The van der Waals surface area contributed by atoms with Gasteiger partial charge in [0, 0.05) is 30.3 Å². The van der Waals surface area contributed by atoms with E-state index in [1.165, 1.54) is 11.1 Å². The lowest BCUT2D eigenvalue weighted by molar-refractivity contribution is 1.00. The van der Waals surface area contributed by atoms with E-state index in [0.29, 0.717) is 0 Å². The van der Waals surface area contributed by atoms with Crippen LogP contribution >= 0.6 is 0 Å². The van der Waals surface area contributed by atoms with Gasteiger partial charge < -0.3 is 11.1 Å². The van der Waals surface area contributed by atoms with Gasteiger partial charge in [0.1, 0.15) is 12.0 Å². The predicted octanol–water partition coefficient (Wildman–Crippen LogP) is 5.86. The monoisotopic (exact) mass is 449 g/mol. The number of anilines is 1. The number of nitrogens with two attached hydrogens (primary N) is 1. The van der Waals surface area contributed by atoms with Gasteiger partial charge in [0.05, 0.1) is 11.4 Å². The molecule has 0 saturated carbocycles. The molecule has 0 fully saturated rings. The SMILES string of the molecule is C=C1NC(/C(C)=C/C=C\CCc2ccc(N)cc2)=Cc2c1ncn2-c1ccc(C=NC)c(C)c1. The van der Waals surface area contributed by atoms with Gasteiger partial charge in [-0.05, 0) is 79.3 Å². The number of hydrogen-bond donors (Lipinski definition) is 2. The Hall–Kier alpha value is -4.12. The van der Waals surface area contributed by atoms with E-state index < -0.39 is 0 Å². The second-order valence-electron chi connectivity index (χ2n) is 8.50. The average Bonchev–Trinajstić information content (AvgIpc) is 3.26. The topological polar surface area (TPSA) is 68.2 Å². The van der Waals surface area contributed by atoms with Crippen LogP contribution in [0.15, 0.2) is 89.9 Å². The summed E-state index contributed by atoms with van der Waals surface area (Å²) in [7, 11) is 1.79. The highest BCUT2D eigenvalue weighted by Gasteiger charge is 2.20. The van der Waals surface area contributed by atoms with Crippen LogP contribution in [0.25, 0.3) is 17.5 Å². The van der Waals surface area contributed by atoms with E-state index in [4.69, 9.17) is 5.73 Å². The Kier molecular flexibility index (Phi) is 6.93. The normalized spacial score (nSPS) is 13.9. The molecule has 3 aromatic rings. The number of imidazole rings is 1. The fourth-order valence-electron chi connectivity index (χ4n) is 3.97. The third-order valence-corrected chi connectivity index (χ3v) is 5.94. The Morgan fingerprint density at radius 3 is 2.74 bits per heavy atom.